The summed E-state index contributed by atoms with van der Waals surface area (Å²) in [5.74, 6) is 0. The van der Waals surface area contributed by atoms with Gasteiger partial charge in [-0.3, -0.25) is 0 Å². The highest BCUT2D eigenvalue weighted by Crippen LogP contribution is 2.32. The van der Waals surface area contributed by atoms with E-state index in [0.717, 1.165) is 30.7 Å². The third-order valence-corrected chi connectivity index (χ3v) is 3.66. The number of hydrogen-bond donors (Lipinski definition) is 1. The van der Waals surface area contributed by atoms with Crippen molar-refractivity contribution in [2.75, 3.05) is 18.0 Å². The molecule has 1 aliphatic carbocycles. The molecule has 2 nitrogen and oxygen atoms in total. The van der Waals surface area contributed by atoms with Crippen LogP contribution in [0.15, 0.2) is 24.3 Å². The summed E-state index contributed by atoms with van der Waals surface area (Å²) in [6, 6.07) is 5.81. The average molecular weight is 272 g/mol. The second-order valence-corrected chi connectivity index (χ2v) is 4.96. The van der Waals surface area contributed by atoms with Gasteiger partial charge < -0.3 is 10.6 Å². The van der Waals surface area contributed by atoms with Crippen LogP contribution in [0.1, 0.15) is 31.2 Å². The quantitative estimate of drug-likeness (QED) is 0.910. The number of benzene rings is 1. The summed E-state index contributed by atoms with van der Waals surface area (Å²) in [6.07, 6.45) is 0.297. The average Bonchev–Trinajstić information content (AvgIpc) is 2.89. The molecule has 0 radical (unpaired) electrons. The number of halogens is 3. The lowest BCUT2D eigenvalue weighted by molar-refractivity contribution is -0.137. The Morgan fingerprint density at radius 1 is 1.11 bits per heavy atom. The normalized spacial score (nSPS) is 16.8. The van der Waals surface area contributed by atoms with Crippen LogP contribution in [0.5, 0.6) is 0 Å². The van der Waals surface area contributed by atoms with Crippen LogP contribution in [0, 0.1) is 0 Å². The first kappa shape index (κ1) is 14.2. The summed E-state index contributed by atoms with van der Waals surface area (Å²) >= 11 is 0. The Hall–Kier alpha value is -1.23. The molecular weight excluding hydrogens is 253 g/mol. The molecule has 1 saturated carbocycles. The van der Waals surface area contributed by atoms with Crippen LogP contribution >= 0.6 is 0 Å². The minimum atomic E-state index is -4.27. The lowest BCUT2D eigenvalue weighted by Crippen LogP contribution is -2.37. The molecule has 1 aromatic rings. The van der Waals surface area contributed by atoms with E-state index in [1.54, 1.807) is 12.1 Å². The first-order chi connectivity index (χ1) is 9.02. The highest BCUT2D eigenvalue weighted by atomic mass is 19.4. The molecular formula is C14H19F3N2. The van der Waals surface area contributed by atoms with Gasteiger partial charge in [-0.2, -0.15) is 13.2 Å². The maximum Gasteiger partial charge on any atom is 0.416 e. The molecule has 2 N–H and O–H groups in total. The zero-order valence-corrected chi connectivity index (χ0v) is 10.8. The molecule has 0 amide bonds. The number of nitrogens with zero attached hydrogens (tertiary/aromatic N) is 1. The van der Waals surface area contributed by atoms with Gasteiger partial charge in [0.15, 0.2) is 0 Å². The van der Waals surface area contributed by atoms with Gasteiger partial charge in [0, 0.05) is 24.8 Å². The second kappa shape index (κ2) is 5.82. The SMILES string of the molecule is NCCN(c1ccc(C(F)(F)F)cc1)C1CCCC1. The van der Waals surface area contributed by atoms with Crippen LogP contribution in [0.3, 0.4) is 0 Å². The Labute approximate surface area is 111 Å². The van der Waals surface area contributed by atoms with Crippen LogP contribution in [0.2, 0.25) is 0 Å². The van der Waals surface area contributed by atoms with E-state index in [4.69, 9.17) is 5.73 Å². The third-order valence-electron chi connectivity index (χ3n) is 3.66. The van der Waals surface area contributed by atoms with Crippen molar-refractivity contribution in [2.45, 2.75) is 37.9 Å². The molecule has 5 heteroatoms. The Balaban J connectivity index is 2.17. The van der Waals surface area contributed by atoms with Gasteiger partial charge in [-0.25, -0.2) is 0 Å². The van der Waals surface area contributed by atoms with Crippen LogP contribution in [0.25, 0.3) is 0 Å². The van der Waals surface area contributed by atoms with Crippen LogP contribution in [-0.2, 0) is 6.18 Å². The van der Waals surface area contributed by atoms with Gasteiger partial charge in [-0.05, 0) is 37.1 Å². The van der Waals surface area contributed by atoms with Gasteiger partial charge in [-0.1, -0.05) is 12.8 Å². The van der Waals surface area contributed by atoms with E-state index in [2.05, 4.69) is 4.90 Å². The van der Waals surface area contributed by atoms with Crippen molar-refractivity contribution in [3.05, 3.63) is 29.8 Å². The predicted octanol–water partition coefficient (Wildman–Crippen LogP) is 3.41. The molecule has 0 bridgehead atoms. The zero-order valence-electron chi connectivity index (χ0n) is 10.8. The minimum absolute atomic E-state index is 0.417. The summed E-state index contributed by atoms with van der Waals surface area (Å²) in [6.45, 7) is 1.20. The van der Waals surface area contributed by atoms with E-state index in [1.807, 2.05) is 0 Å². The van der Waals surface area contributed by atoms with Gasteiger partial charge >= 0.3 is 6.18 Å². The number of rotatable bonds is 4. The van der Waals surface area contributed by atoms with Crippen molar-refractivity contribution >= 4 is 5.69 Å². The van der Waals surface area contributed by atoms with E-state index in [1.165, 1.54) is 12.8 Å². The number of nitrogens with two attached hydrogens (primary N) is 1. The van der Waals surface area contributed by atoms with Crippen molar-refractivity contribution in [1.82, 2.24) is 0 Å². The summed E-state index contributed by atoms with van der Waals surface area (Å²) in [5, 5.41) is 0. The highest BCUT2D eigenvalue weighted by molar-refractivity contribution is 5.49. The van der Waals surface area contributed by atoms with Crippen molar-refractivity contribution in [2.24, 2.45) is 5.73 Å². The first-order valence-electron chi connectivity index (χ1n) is 6.66. The molecule has 0 atom stereocenters. The zero-order chi connectivity index (χ0) is 13.9. The maximum absolute atomic E-state index is 12.5. The smallest absolute Gasteiger partial charge is 0.367 e. The molecule has 0 aromatic heterocycles. The van der Waals surface area contributed by atoms with Gasteiger partial charge in [-0.15, -0.1) is 0 Å². The molecule has 2 rings (SSSR count). The van der Waals surface area contributed by atoms with E-state index >= 15 is 0 Å². The van der Waals surface area contributed by atoms with E-state index in [0.29, 0.717) is 19.1 Å². The van der Waals surface area contributed by atoms with E-state index in [9.17, 15) is 13.2 Å². The Kier molecular flexibility index (Phi) is 4.34. The Morgan fingerprint density at radius 2 is 1.68 bits per heavy atom. The summed E-state index contributed by atoms with van der Waals surface area (Å²) in [7, 11) is 0. The molecule has 19 heavy (non-hydrogen) atoms. The molecule has 0 saturated heterocycles. The summed E-state index contributed by atoms with van der Waals surface area (Å²) < 4.78 is 37.6. The molecule has 1 fully saturated rings. The third kappa shape index (κ3) is 3.41. The number of alkyl halides is 3. The fraction of sp³-hybridized carbons (Fsp3) is 0.571. The summed E-state index contributed by atoms with van der Waals surface area (Å²) in [4.78, 5) is 2.15. The maximum atomic E-state index is 12.5. The molecule has 0 aliphatic heterocycles. The Morgan fingerprint density at radius 3 is 2.16 bits per heavy atom. The molecule has 0 unspecified atom stereocenters. The van der Waals surface area contributed by atoms with Gasteiger partial charge in [0.25, 0.3) is 0 Å². The number of hydrogen-bond acceptors (Lipinski definition) is 2. The standard InChI is InChI=1S/C14H19F3N2/c15-14(16,17)11-5-7-13(8-6-11)19(10-9-18)12-3-1-2-4-12/h5-8,12H,1-4,9-10,18H2. The highest BCUT2D eigenvalue weighted by Gasteiger charge is 2.30. The first-order valence-corrected chi connectivity index (χ1v) is 6.66. The molecule has 1 aliphatic rings. The van der Waals surface area contributed by atoms with Crippen molar-refractivity contribution in [1.29, 1.82) is 0 Å². The van der Waals surface area contributed by atoms with Crippen molar-refractivity contribution < 1.29 is 13.2 Å². The molecule has 0 spiro atoms. The summed E-state index contributed by atoms with van der Waals surface area (Å²) in [5.41, 5.74) is 5.85. The minimum Gasteiger partial charge on any atom is -0.367 e. The van der Waals surface area contributed by atoms with Crippen LogP contribution < -0.4 is 10.6 Å². The van der Waals surface area contributed by atoms with Crippen molar-refractivity contribution in [3.8, 4) is 0 Å². The number of anilines is 1. The molecule has 1 aromatic carbocycles. The topological polar surface area (TPSA) is 29.3 Å². The van der Waals surface area contributed by atoms with E-state index < -0.39 is 11.7 Å². The lowest BCUT2D eigenvalue weighted by atomic mass is 10.1. The van der Waals surface area contributed by atoms with E-state index in [-0.39, 0.29) is 0 Å². The van der Waals surface area contributed by atoms with Gasteiger partial charge in [0.05, 0.1) is 5.56 Å². The second-order valence-electron chi connectivity index (χ2n) is 4.96. The molecule has 106 valence electrons. The largest absolute Gasteiger partial charge is 0.416 e. The van der Waals surface area contributed by atoms with Crippen LogP contribution in [0.4, 0.5) is 18.9 Å². The predicted molar refractivity (Wildman–Crippen MR) is 70.1 cm³/mol. The monoisotopic (exact) mass is 272 g/mol. The van der Waals surface area contributed by atoms with Gasteiger partial charge in [0.2, 0.25) is 0 Å². The fourth-order valence-corrected chi connectivity index (χ4v) is 2.72. The van der Waals surface area contributed by atoms with Crippen molar-refractivity contribution in [3.63, 3.8) is 0 Å². The van der Waals surface area contributed by atoms with Gasteiger partial charge in [0.1, 0.15) is 0 Å². The molecule has 0 heterocycles. The van der Waals surface area contributed by atoms with Crippen LogP contribution in [-0.4, -0.2) is 19.1 Å². The fourth-order valence-electron chi connectivity index (χ4n) is 2.72. The lowest BCUT2D eigenvalue weighted by Gasteiger charge is -2.31. The Bertz CT molecular complexity index is 394.